The lowest BCUT2D eigenvalue weighted by Gasteiger charge is -2.06. The van der Waals surface area contributed by atoms with Crippen molar-refractivity contribution in [2.24, 2.45) is 0 Å². The second-order valence-electron chi connectivity index (χ2n) is 4.15. The molecule has 3 rings (SSSR count). The first-order valence-corrected chi connectivity index (χ1v) is 5.58. The number of hydrogen-bond donors (Lipinski definition) is 0. The first-order valence-electron chi connectivity index (χ1n) is 5.58. The van der Waals surface area contributed by atoms with Gasteiger partial charge in [-0.3, -0.25) is 0 Å². The van der Waals surface area contributed by atoms with Gasteiger partial charge in [0.15, 0.2) is 0 Å². The summed E-state index contributed by atoms with van der Waals surface area (Å²) < 4.78 is 4.74. The Labute approximate surface area is 99.9 Å². The molecule has 1 aliphatic carbocycles. The lowest BCUT2D eigenvalue weighted by atomic mass is 10.0. The third kappa shape index (κ3) is 1.62. The SMILES string of the molecule is O=[C]OCc1cccc2c1Cc1ccccc1-2. The predicted octanol–water partition coefficient (Wildman–Crippen LogP) is 2.84. The van der Waals surface area contributed by atoms with Gasteiger partial charge in [0.25, 0.3) is 0 Å². The molecule has 0 aliphatic heterocycles. The fraction of sp³-hybridized carbons (Fsp3) is 0.133. The Bertz CT molecular complexity index is 573. The highest BCUT2D eigenvalue weighted by atomic mass is 16.5. The largest absolute Gasteiger partial charge is 0.452 e. The zero-order chi connectivity index (χ0) is 11.7. The summed E-state index contributed by atoms with van der Waals surface area (Å²) in [6, 6.07) is 14.5. The molecule has 0 unspecified atom stereocenters. The third-order valence-electron chi connectivity index (χ3n) is 3.23. The van der Waals surface area contributed by atoms with Crippen LogP contribution in [0.1, 0.15) is 16.7 Å². The first kappa shape index (κ1) is 10.1. The molecule has 1 radical (unpaired) electrons. The van der Waals surface area contributed by atoms with Gasteiger partial charge >= 0.3 is 6.47 Å². The molecule has 0 fully saturated rings. The third-order valence-corrected chi connectivity index (χ3v) is 3.23. The van der Waals surface area contributed by atoms with Crippen molar-refractivity contribution in [1.29, 1.82) is 0 Å². The highest BCUT2D eigenvalue weighted by Crippen LogP contribution is 2.38. The fourth-order valence-corrected chi connectivity index (χ4v) is 2.47. The van der Waals surface area contributed by atoms with Crippen LogP contribution in [-0.2, 0) is 22.6 Å². The zero-order valence-corrected chi connectivity index (χ0v) is 9.27. The maximum absolute atomic E-state index is 10.1. The fourth-order valence-electron chi connectivity index (χ4n) is 2.47. The highest BCUT2D eigenvalue weighted by Gasteiger charge is 2.20. The number of ether oxygens (including phenoxy) is 1. The van der Waals surface area contributed by atoms with Gasteiger partial charge in [0.05, 0.1) is 0 Å². The smallest absolute Gasteiger partial charge is 0.417 e. The van der Waals surface area contributed by atoms with Crippen LogP contribution in [0.15, 0.2) is 42.5 Å². The van der Waals surface area contributed by atoms with Crippen LogP contribution in [0.25, 0.3) is 11.1 Å². The Morgan fingerprint density at radius 2 is 1.88 bits per heavy atom. The van der Waals surface area contributed by atoms with Crippen LogP contribution in [0, 0.1) is 0 Å². The summed E-state index contributed by atoms with van der Waals surface area (Å²) in [5.74, 6) is 0. The molecular weight excluding hydrogens is 212 g/mol. The molecule has 1 aliphatic rings. The summed E-state index contributed by atoms with van der Waals surface area (Å²) in [4.78, 5) is 10.1. The molecule has 2 heteroatoms. The Kier molecular flexibility index (Phi) is 2.41. The molecular formula is C15H11O2. The van der Waals surface area contributed by atoms with Crippen molar-refractivity contribution >= 4 is 6.47 Å². The summed E-state index contributed by atoms with van der Waals surface area (Å²) >= 11 is 0. The molecule has 0 N–H and O–H groups in total. The molecule has 0 saturated heterocycles. The average Bonchev–Trinajstić information content (AvgIpc) is 2.75. The monoisotopic (exact) mass is 223 g/mol. The van der Waals surface area contributed by atoms with E-state index in [4.69, 9.17) is 4.74 Å². The Morgan fingerprint density at radius 3 is 2.76 bits per heavy atom. The van der Waals surface area contributed by atoms with Crippen LogP contribution in [0.3, 0.4) is 0 Å². The van der Waals surface area contributed by atoms with E-state index in [-0.39, 0.29) is 0 Å². The van der Waals surface area contributed by atoms with Crippen molar-refractivity contribution in [1.82, 2.24) is 0 Å². The van der Waals surface area contributed by atoms with Gasteiger partial charge in [0, 0.05) is 0 Å². The van der Waals surface area contributed by atoms with Crippen molar-refractivity contribution in [2.75, 3.05) is 0 Å². The summed E-state index contributed by atoms with van der Waals surface area (Å²) in [5, 5.41) is 0. The minimum absolute atomic E-state index is 0.306. The van der Waals surface area contributed by atoms with Crippen molar-refractivity contribution in [2.45, 2.75) is 13.0 Å². The molecule has 0 amide bonds. The average molecular weight is 223 g/mol. The van der Waals surface area contributed by atoms with Crippen LogP contribution in [0.2, 0.25) is 0 Å². The summed E-state index contributed by atoms with van der Waals surface area (Å²) in [6.45, 7) is 1.78. The second kappa shape index (κ2) is 4.06. The Morgan fingerprint density at radius 1 is 1.06 bits per heavy atom. The summed E-state index contributed by atoms with van der Waals surface area (Å²) in [6.07, 6.45) is 0.921. The Balaban J connectivity index is 2.07. The molecule has 17 heavy (non-hydrogen) atoms. The molecule has 0 heterocycles. The topological polar surface area (TPSA) is 26.3 Å². The molecule has 2 aromatic rings. The van der Waals surface area contributed by atoms with Crippen molar-refractivity contribution < 1.29 is 9.53 Å². The van der Waals surface area contributed by atoms with Gasteiger partial charge in [-0.1, -0.05) is 42.5 Å². The molecule has 0 aromatic heterocycles. The van der Waals surface area contributed by atoms with Gasteiger partial charge in [-0.2, -0.15) is 0 Å². The lowest BCUT2D eigenvalue weighted by Crippen LogP contribution is -1.95. The van der Waals surface area contributed by atoms with Crippen LogP contribution in [-0.4, -0.2) is 6.47 Å². The molecule has 0 atom stereocenters. The van der Waals surface area contributed by atoms with Crippen LogP contribution in [0.4, 0.5) is 0 Å². The predicted molar refractivity (Wildman–Crippen MR) is 65.2 cm³/mol. The summed E-state index contributed by atoms with van der Waals surface area (Å²) in [5.41, 5.74) is 6.23. The van der Waals surface area contributed by atoms with E-state index in [1.807, 2.05) is 12.1 Å². The number of fused-ring (bicyclic) bond motifs is 3. The molecule has 0 bridgehead atoms. The molecule has 2 nitrogen and oxygen atoms in total. The molecule has 0 spiro atoms. The van der Waals surface area contributed by atoms with E-state index in [1.165, 1.54) is 28.7 Å². The number of benzene rings is 2. The molecule has 0 saturated carbocycles. The number of rotatable bonds is 3. The van der Waals surface area contributed by atoms with E-state index in [2.05, 4.69) is 30.3 Å². The first-order chi connectivity index (χ1) is 8.40. The lowest BCUT2D eigenvalue weighted by molar-refractivity contribution is 0.266. The van der Waals surface area contributed by atoms with Crippen molar-refractivity contribution in [3.05, 3.63) is 59.2 Å². The van der Waals surface area contributed by atoms with Gasteiger partial charge in [-0.25, -0.2) is 4.79 Å². The van der Waals surface area contributed by atoms with Gasteiger partial charge in [-0.15, -0.1) is 0 Å². The summed E-state index contributed by atoms with van der Waals surface area (Å²) in [7, 11) is 0. The van der Waals surface area contributed by atoms with E-state index < -0.39 is 0 Å². The number of carbonyl (C=O) groups excluding carboxylic acids is 1. The van der Waals surface area contributed by atoms with E-state index in [1.54, 1.807) is 0 Å². The molecule has 83 valence electrons. The van der Waals surface area contributed by atoms with Crippen molar-refractivity contribution in [3.63, 3.8) is 0 Å². The van der Waals surface area contributed by atoms with Crippen LogP contribution in [0.5, 0.6) is 0 Å². The Hall–Kier alpha value is -2.09. The minimum atomic E-state index is 0.306. The van der Waals surface area contributed by atoms with E-state index in [9.17, 15) is 4.79 Å². The number of hydrogen-bond acceptors (Lipinski definition) is 2. The normalized spacial score (nSPS) is 11.8. The van der Waals surface area contributed by atoms with Gasteiger partial charge in [-0.05, 0) is 34.2 Å². The quantitative estimate of drug-likeness (QED) is 0.682. The van der Waals surface area contributed by atoms with Crippen LogP contribution >= 0.6 is 0 Å². The second-order valence-corrected chi connectivity index (χ2v) is 4.15. The van der Waals surface area contributed by atoms with Crippen LogP contribution < -0.4 is 0 Å². The van der Waals surface area contributed by atoms with E-state index in [0.29, 0.717) is 6.61 Å². The maximum Gasteiger partial charge on any atom is 0.417 e. The van der Waals surface area contributed by atoms with E-state index in [0.717, 1.165) is 12.0 Å². The van der Waals surface area contributed by atoms with Gasteiger partial charge in [0.1, 0.15) is 6.61 Å². The minimum Gasteiger partial charge on any atom is -0.452 e. The maximum atomic E-state index is 10.1. The zero-order valence-electron chi connectivity index (χ0n) is 9.27. The highest BCUT2D eigenvalue weighted by molar-refractivity contribution is 5.77. The van der Waals surface area contributed by atoms with E-state index >= 15 is 0 Å². The standard InChI is InChI=1S/C15H11O2/c16-10-17-9-12-5-3-7-14-13-6-2-1-4-11(13)8-15(12)14/h1-7H,8-9H2. The van der Waals surface area contributed by atoms with Crippen molar-refractivity contribution in [3.8, 4) is 11.1 Å². The van der Waals surface area contributed by atoms with Gasteiger partial charge in [0.2, 0.25) is 0 Å². The van der Waals surface area contributed by atoms with Gasteiger partial charge < -0.3 is 4.74 Å². The molecule has 2 aromatic carbocycles.